The van der Waals surface area contributed by atoms with Gasteiger partial charge in [-0.3, -0.25) is 4.79 Å². The van der Waals surface area contributed by atoms with Gasteiger partial charge in [-0.25, -0.2) is 0 Å². The van der Waals surface area contributed by atoms with Gasteiger partial charge in [0.05, 0.1) is 6.10 Å². The second-order valence-corrected chi connectivity index (χ2v) is 9.40. The quantitative estimate of drug-likeness (QED) is 0.664. The van der Waals surface area contributed by atoms with Gasteiger partial charge in [-0.15, -0.1) is 0 Å². The van der Waals surface area contributed by atoms with Gasteiger partial charge in [-0.1, -0.05) is 31.9 Å². The maximum absolute atomic E-state index is 11.9. The Morgan fingerprint density at radius 1 is 1.20 bits per heavy atom. The third-order valence-electron chi connectivity index (χ3n) is 8.42. The third kappa shape index (κ3) is 2.59. The lowest BCUT2D eigenvalue weighted by Crippen LogP contribution is -2.47. The van der Waals surface area contributed by atoms with E-state index in [4.69, 9.17) is 4.74 Å². The van der Waals surface area contributed by atoms with Crippen molar-refractivity contribution in [1.29, 1.82) is 0 Å². The molecule has 1 saturated heterocycles. The number of fused-ring (bicyclic) bond motifs is 7. The molecule has 5 aliphatic rings. The van der Waals surface area contributed by atoms with E-state index in [-0.39, 0.29) is 0 Å². The van der Waals surface area contributed by atoms with Crippen LogP contribution in [-0.2, 0) is 9.53 Å². The van der Waals surface area contributed by atoms with Crippen molar-refractivity contribution in [2.45, 2.75) is 70.8 Å². The van der Waals surface area contributed by atoms with Gasteiger partial charge in [0.2, 0.25) is 0 Å². The van der Waals surface area contributed by atoms with Gasteiger partial charge < -0.3 is 4.74 Å². The zero-order valence-electron chi connectivity index (χ0n) is 15.6. The van der Waals surface area contributed by atoms with Crippen LogP contribution in [-0.4, -0.2) is 18.5 Å². The van der Waals surface area contributed by atoms with Crippen molar-refractivity contribution in [1.82, 2.24) is 0 Å². The second-order valence-electron chi connectivity index (χ2n) is 9.40. The molecule has 7 atom stereocenters. The molecule has 0 aromatic heterocycles. The Morgan fingerprint density at radius 3 is 3.00 bits per heavy atom. The van der Waals surface area contributed by atoms with Crippen molar-refractivity contribution >= 4 is 5.78 Å². The number of hydrogen-bond acceptors (Lipinski definition) is 2. The highest BCUT2D eigenvalue weighted by Gasteiger charge is 2.59. The number of carbonyl (C=O) groups excluding carboxylic acids is 1. The second kappa shape index (κ2) is 6.08. The molecule has 25 heavy (non-hydrogen) atoms. The Morgan fingerprint density at radius 2 is 2.12 bits per heavy atom. The van der Waals surface area contributed by atoms with E-state index in [0.717, 1.165) is 43.1 Å². The summed E-state index contributed by atoms with van der Waals surface area (Å²) >= 11 is 0. The first-order chi connectivity index (χ1) is 12.2. The lowest BCUT2D eigenvalue weighted by atomic mass is 9.50. The van der Waals surface area contributed by atoms with Crippen LogP contribution in [0.15, 0.2) is 23.8 Å². The number of ketones is 1. The molecule has 0 amide bonds. The molecule has 3 fully saturated rings. The fourth-order valence-electron chi connectivity index (χ4n) is 7.10. The van der Waals surface area contributed by atoms with E-state index < -0.39 is 0 Å². The monoisotopic (exact) mass is 340 g/mol. The number of ether oxygens (including phenoxy) is 1. The molecule has 1 aliphatic heterocycles. The van der Waals surface area contributed by atoms with Crippen molar-refractivity contribution < 1.29 is 9.53 Å². The number of hydrogen-bond donors (Lipinski definition) is 0. The van der Waals surface area contributed by atoms with Crippen molar-refractivity contribution in [3.05, 3.63) is 23.8 Å². The molecule has 0 aromatic carbocycles. The molecule has 136 valence electrons. The van der Waals surface area contributed by atoms with Crippen molar-refractivity contribution in [2.75, 3.05) is 6.61 Å². The molecule has 0 aromatic rings. The van der Waals surface area contributed by atoms with E-state index in [2.05, 4.69) is 19.1 Å². The Kier molecular flexibility index (Phi) is 3.96. The zero-order chi connectivity index (χ0) is 17.0. The van der Waals surface area contributed by atoms with E-state index in [0.29, 0.717) is 23.2 Å². The molecule has 5 rings (SSSR count). The first kappa shape index (κ1) is 16.3. The Hall–Kier alpha value is -0.890. The minimum absolute atomic E-state index is 0.339. The summed E-state index contributed by atoms with van der Waals surface area (Å²) in [6.07, 6.45) is 18.6. The highest BCUT2D eigenvalue weighted by atomic mass is 16.5. The molecule has 0 spiro atoms. The van der Waals surface area contributed by atoms with E-state index in [1.165, 1.54) is 50.5 Å². The van der Waals surface area contributed by atoms with E-state index in [1.807, 2.05) is 6.08 Å². The van der Waals surface area contributed by atoms with Gasteiger partial charge in [0.15, 0.2) is 5.78 Å². The van der Waals surface area contributed by atoms with Gasteiger partial charge in [0.1, 0.15) is 0 Å². The van der Waals surface area contributed by atoms with Gasteiger partial charge in [0.25, 0.3) is 0 Å². The van der Waals surface area contributed by atoms with E-state index in [9.17, 15) is 4.79 Å². The Labute approximate surface area is 152 Å². The van der Waals surface area contributed by atoms with Crippen LogP contribution in [0.5, 0.6) is 0 Å². The van der Waals surface area contributed by atoms with Gasteiger partial charge in [0, 0.05) is 13.0 Å². The lowest BCUT2D eigenvalue weighted by molar-refractivity contribution is -0.115. The van der Waals surface area contributed by atoms with Crippen LogP contribution < -0.4 is 0 Å². The summed E-state index contributed by atoms with van der Waals surface area (Å²) < 4.78 is 6.20. The van der Waals surface area contributed by atoms with Crippen LogP contribution in [0.1, 0.15) is 64.7 Å². The predicted octanol–water partition coefficient (Wildman–Crippen LogP) is 5.09. The number of carbonyl (C=O) groups is 1. The largest absolute Gasteiger partial charge is 0.378 e. The van der Waals surface area contributed by atoms with Crippen molar-refractivity contribution in [3.8, 4) is 0 Å². The van der Waals surface area contributed by atoms with E-state index in [1.54, 1.807) is 0 Å². The molecule has 2 heteroatoms. The maximum Gasteiger partial charge on any atom is 0.155 e. The summed E-state index contributed by atoms with van der Waals surface area (Å²) in [6.45, 7) is 3.43. The molecular formula is C23H32O2. The molecule has 0 radical (unpaired) electrons. The summed E-state index contributed by atoms with van der Waals surface area (Å²) in [6, 6.07) is 0. The maximum atomic E-state index is 11.9. The minimum Gasteiger partial charge on any atom is -0.378 e. The normalized spacial score (nSPS) is 48.7. The number of rotatable bonds is 1. The smallest absolute Gasteiger partial charge is 0.155 e. The predicted molar refractivity (Wildman–Crippen MR) is 99.1 cm³/mol. The fourth-order valence-corrected chi connectivity index (χ4v) is 7.10. The summed E-state index contributed by atoms with van der Waals surface area (Å²) in [5.41, 5.74) is 1.89. The minimum atomic E-state index is 0.339. The summed E-state index contributed by atoms with van der Waals surface area (Å²) in [7, 11) is 0. The van der Waals surface area contributed by atoms with Crippen LogP contribution in [0, 0.1) is 35.0 Å². The van der Waals surface area contributed by atoms with Gasteiger partial charge >= 0.3 is 0 Å². The topological polar surface area (TPSA) is 26.3 Å². The molecule has 5 unspecified atom stereocenters. The zero-order valence-corrected chi connectivity index (χ0v) is 15.6. The Balaban J connectivity index is 1.52. The first-order valence-corrected chi connectivity index (χ1v) is 10.8. The van der Waals surface area contributed by atoms with Crippen LogP contribution >= 0.6 is 0 Å². The third-order valence-corrected chi connectivity index (χ3v) is 8.42. The molecule has 1 heterocycles. The van der Waals surface area contributed by atoms with Crippen LogP contribution in [0.3, 0.4) is 0 Å². The van der Waals surface area contributed by atoms with Crippen LogP contribution in [0.4, 0.5) is 0 Å². The molecule has 0 bridgehead atoms. The SMILES string of the molecule is CCC12CCCCO[C@H]3C[C@H]3C1C1C=CC3=CC(=O)CCC3C1CC2. The van der Waals surface area contributed by atoms with Crippen molar-refractivity contribution in [2.24, 2.45) is 35.0 Å². The summed E-state index contributed by atoms with van der Waals surface area (Å²) in [5.74, 6) is 4.09. The number of allylic oxidation sites excluding steroid dienone is 4. The highest BCUT2D eigenvalue weighted by Crippen LogP contribution is 2.64. The molecule has 2 nitrogen and oxygen atoms in total. The lowest BCUT2D eigenvalue weighted by Gasteiger charge is -2.54. The summed E-state index contributed by atoms with van der Waals surface area (Å²) in [5, 5.41) is 0. The molecule has 2 saturated carbocycles. The van der Waals surface area contributed by atoms with Gasteiger partial charge in [-0.05, 0) is 85.2 Å². The van der Waals surface area contributed by atoms with Crippen LogP contribution in [0.2, 0.25) is 0 Å². The molecule has 4 aliphatic carbocycles. The van der Waals surface area contributed by atoms with Crippen molar-refractivity contribution in [3.63, 3.8) is 0 Å². The molecular weight excluding hydrogens is 308 g/mol. The van der Waals surface area contributed by atoms with Gasteiger partial charge in [-0.2, -0.15) is 0 Å². The summed E-state index contributed by atoms with van der Waals surface area (Å²) in [4.78, 5) is 11.9. The van der Waals surface area contributed by atoms with E-state index >= 15 is 0 Å². The standard InChI is InChI=1S/C23H32O2/c1-2-23-10-3-4-12-25-21-14-20(21)22(23)19-7-5-15-13-16(24)6-8-17(15)18(19)9-11-23/h5,7,13,17-22H,2-4,6,8-12,14H2,1H3/t17?,18?,19?,20-,21+,22?,23?/m1/s1. The average molecular weight is 341 g/mol. The average Bonchev–Trinajstić information content (AvgIpc) is 3.38. The van der Waals surface area contributed by atoms with Crippen LogP contribution in [0.25, 0.3) is 0 Å². The Bertz CT molecular complexity index is 618. The molecule has 0 N–H and O–H groups in total. The fraction of sp³-hybridized carbons (Fsp3) is 0.783. The first-order valence-electron chi connectivity index (χ1n) is 10.8. The highest BCUT2D eigenvalue weighted by molar-refractivity contribution is 5.91.